The Morgan fingerprint density at radius 3 is 2.64 bits per heavy atom. The van der Waals surface area contributed by atoms with Crippen molar-refractivity contribution in [2.75, 3.05) is 31.2 Å². The van der Waals surface area contributed by atoms with Gasteiger partial charge in [0.2, 0.25) is 5.91 Å². The quantitative estimate of drug-likeness (QED) is 0.0977. The van der Waals surface area contributed by atoms with E-state index in [9.17, 15) is 40.2 Å². The number of ether oxygens (including phenoxy) is 1. The largest absolute Gasteiger partial charge is 0.508 e. The van der Waals surface area contributed by atoms with Crippen LogP contribution in [0, 0.1) is 18.8 Å². The molecule has 8 unspecified atom stereocenters. The van der Waals surface area contributed by atoms with Gasteiger partial charge in [-0.25, -0.2) is 9.78 Å². The van der Waals surface area contributed by atoms with Gasteiger partial charge in [-0.3, -0.25) is 14.6 Å². The van der Waals surface area contributed by atoms with Gasteiger partial charge in [-0.1, -0.05) is 19.1 Å². The number of aryl methyl sites for hydroxylation is 1. The third-order valence-corrected chi connectivity index (χ3v) is 12.6. The van der Waals surface area contributed by atoms with Crippen LogP contribution in [-0.2, 0) is 27.4 Å². The summed E-state index contributed by atoms with van der Waals surface area (Å²) < 4.78 is 13.7. The topological polar surface area (TPSA) is 224 Å². The standard InChI is InChI=1S/C43H51N3O12/c1-3-32-29-10-12-44-31(29)20-46(32)37-39-26(14-30-33(49)13-23(2)56-40(30)37)15-35(43(57-39)11-4-5-25(18-43)27-16-36(51)45-19-27)58-55-22-42(54,41(53)38(52)34(50)21-47)17-24-6-8-28(48)9-7-24/h6-10,12-14,25,27,34-35,38,41,47-48,50,52-54H,3-5,11,15-22H2,1-2H3,(H,45,51). The number of allylic oxidation sites excluding steroid dienone is 2. The third kappa shape index (κ3) is 7.33. The summed E-state index contributed by atoms with van der Waals surface area (Å²) in [5, 5.41) is 66.8. The maximum atomic E-state index is 13.7. The normalized spacial score (nSPS) is 26.6. The molecule has 310 valence electrons. The molecule has 1 aliphatic carbocycles. The van der Waals surface area contributed by atoms with Crippen LogP contribution in [0.3, 0.4) is 0 Å². The number of amides is 1. The fourth-order valence-corrected chi connectivity index (χ4v) is 9.58. The van der Waals surface area contributed by atoms with Crippen LogP contribution in [0.2, 0.25) is 0 Å². The number of hydrogen-bond acceptors (Lipinski definition) is 14. The number of nitrogens with zero attached hydrogens (tertiary/aromatic N) is 2. The van der Waals surface area contributed by atoms with Gasteiger partial charge < -0.3 is 50.0 Å². The number of aliphatic imine (C=N–C) groups is 1. The molecule has 1 saturated heterocycles. The van der Waals surface area contributed by atoms with Gasteiger partial charge in [0.05, 0.1) is 24.2 Å². The highest BCUT2D eigenvalue weighted by molar-refractivity contribution is 6.13. The number of nitrogens with one attached hydrogen (secondary N) is 1. The molecule has 7 N–H and O–H groups in total. The van der Waals surface area contributed by atoms with Crippen molar-refractivity contribution in [3.63, 3.8) is 0 Å². The monoisotopic (exact) mass is 801 g/mol. The number of benzene rings is 2. The van der Waals surface area contributed by atoms with Gasteiger partial charge in [0.15, 0.2) is 16.8 Å². The first-order valence-corrected chi connectivity index (χ1v) is 20.1. The number of carbonyl (C=O) groups excluding carboxylic acids is 1. The van der Waals surface area contributed by atoms with Gasteiger partial charge in [-0.05, 0) is 80.7 Å². The predicted molar refractivity (Wildman–Crippen MR) is 211 cm³/mol. The van der Waals surface area contributed by atoms with Crippen LogP contribution >= 0.6 is 0 Å². The van der Waals surface area contributed by atoms with E-state index in [2.05, 4.69) is 22.1 Å². The van der Waals surface area contributed by atoms with Crippen molar-refractivity contribution in [3.8, 4) is 11.5 Å². The highest BCUT2D eigenvalue weighted by Gasteiger charge is 2.53. The fraction of sp³-hybridized carbons (Fsp3) is 0.512. The lowest BCUT2D eigenvalue weighted by Gasteiger charge is -2.49. The van der Waals surface area contributed by atoms with Crippen molar-refractivity contribution in [2.24, 2.45) is 16.8 Å². The van der Waals surface area contributed by atoms with Crippen LogP contribution in [-0.4, -0.2) is 104 Å². The van der Waals surface area contributed by atoms with Crippen molar-refractivity contribution in [3.05, 3.63) is 87.1 Å². The minimum Gasteiger partial charge on any atom is -0.508 e. The number of aliphatic hydroxyl groups is 5. The number of aromatic hydroxyl groups is 1. The molecule has 5 heterocycles. The second kappa shape index (κ2) is 15.9. The van der Waals surface area contributed by atoms with Crippen LogP contribution in [0.1, 0.15) is 62.3 Å². The smallest absolute Gasteiger partial charge is 0.220 e. The maximum absolute atomic E-state index is 13.7. The number of rotatable bonds is 13. The van der Waals surface area contributed by atoms with E-state index in [4.69, 9.17) is 18.9 Å². The summed E-state index contributed by atoms with van der Waals surface area (Å²) in [7, 11) is 0. The highest BCUT2D eigenvalue weighted by Crippen LogP contribution is 2.53. The zero-order valence-corrected chi connectivity index (χ0v) is 32.6. The van der Waals surface area contributed by atoms with Crippen LogP contribution in [0.5, 0.6) is 11.5 Å². The molecule has 3 aromatic rings. The van der Waals surface area contributed by atoms with Crippen molar-refractivity contribution in [1.29, 1.82) is 0 Å². The van der Waals surface area contributed by atoms with E-state index >= 15 is 0 Å². The molecule has 2 fully saturated rings. The SMILES string of the molecule is CCC1=C2C=CN=C2CN1c1c2c(cc3c(=O)cc(C)oc13)CC(OOCC(O)(Cc1ccc(O)cc1)C(O)C(O)C(O)CO)C1(CCCC(C3CNC(=O)C3)C1)O2. The zero-order chi connectivity index (χ0) is 40.9. The lowest BCUT2D eigenvalue weighted by atomic mass is 9.68. The average molecular weight is 802 g/mol. The number of carbonyl (C=O) groups is 1. The number of phenols is 1. The number of hydrogen-bond donors (Lipinski definition) is 7. The van der Waals surface area contributed by atoms with Crippen molar-refractivity contribution in [1.82, 2.24) is 5.32 Å². The van der Waals surface area contributed by atoms with Crippen LogP contribution in [0.4, 0.5) is 5.69 Å². The van der Waals surface area contributed by atoms with E-state index < -0.39 is 48.8 Å². The molecule has 0 radical (unpaired) electrons. The average Bonchev–Trinajstić information content (AvgIpc) is 3.94. The molecule has 0 bridgehead atoms. The first-order valence-electron chi connectivity index (χ1n) is 20.1. The van der Waals surface area contributed by atoms with Crippen molar-refractivity contribution >= 4 is 28.3 Å². The first kappa shape index (κ1) is 40.2. The Morgan fingerprint density at radius 1 is 1.12 bits per heavy atom. The summed E-state index contributed by atoms with van der Waals surface area (Å²) in [6.45, 7) is 3.26. The summed E-state index contributed by atoms with van der Waals surface area (Å²) in [6, 6.07) is 9.11. The van der Waals surface area contributed by atoms with Gasteiger partial charge in [0, 0.05) is 54.9 Å². The zero-order valence-electron chi connectivity index (χ0n) is 32.6. The molecule has 1 spiro atoms. The second-order valence-electron chi connectivity index (χ2n) is 16.5. The van der Waals surface area contributed by atoms with E-state index in [1.165, 1.54) is 30.3 Å². The minimum absolute atomic E-state index is 0.00599. The molecule has 58 heavy (non-hydrogen) atoms. The molecule has 1 saturated carbocycles. The Bertz CT molecular complexity index is 2220. The van der Waals surface area contributed by atoms with Gasteiger partial charge in [0.25, 0.3) is 0 Å². The number of anilines is 1. The summed E-state index contributed by atoms with van der Waals surface area (Å²) in [5.74, 6) is 1.17. The molecule has 15 nitrogen and oxygen atoms in total. The van der Waals surface area contributed by atoms with Crippen molar-refractivity contribution in [2.45, 2.75) is 101 Å². The summed E-state index contributed by atoms with van der Waals surface area (Å²) in [6.07, 6.45) is 0.947. The van der Waals surface area contributed by atoms with Gasteiger partial charge in [0.1, 0.15) is 59.4 Å². The molecule has 8 atom stereocenters. The van der Waals surface area contributed by atoms with Gasteiger partial charge in [-0.15, -0.1) is 0 Å². The third-order valence-electron chi connectivity index (χ3n) is 12.6. The lowest BCUT2D eigenvalue weighted by molar-refractivity contribution is -0.374. The van der Waals surface area contributed by atoms with E-state index in [-0.39, 0.29) is 41.8 Å². The molecule has 1 amide bonds. The Labute approximate surface area is 334 Å². The molecular formula is C43H51N3O12. The van der Waals surface area contributed by atoms with E-state index in [0.29, 0.717) is 78.1 Å². The van der Waals surface area contributed by atoms with Crippen LogP contribution in [0.15, 0.2) is 74.1 Å². The molecule has 2 aromatic carbocycles. The van der Waals surface area contributed by atoms with E-state index in [1.807, 2.05) is 6.08 Å². The maximum Gasteiger partial charge on any atom is 0.220 e. The molecule has 8 rings (SSSR count). The highest BCUT2D eigenvalue weighted by atomic mass is 17.2. The molecule has 5 aliphatic rings. The summed E-state index contributed by atoms with van der Waals surface area (Å²) in [4.78, 5) is 45.0. The Hall–Kier alpha value is -4.61. The predicted octanol–water partition coefficient (Wildman–Crippen LogP) is 2.63. The molecule has 1 aromatic heterocycles. The van der Waals surface area contributed by atoms with E-state index in [0.717, 1.165) is 29.8 Å². The second-order valence-corrected chi connectivity index (χ2v) is 16.5. The molecule has 15 heteroatoms. The van der Waals surface area contributed by atoms with E-state index in [1.54, 1.807) is 19.2 Å². The first-order chi connectivity index (χ1) is 27.8. The van der Waals surface area contributed by atoms with Gasteiger partial charge >= 0.3 is 0 Å². The molecular weight excluding hydrogens is 750 g/mol. The Balaban J connectivity index is 1.18. The minimum atomic E-state index is -2.26. The van der Waals surface area contributed by atoms with Crippen molar-refractivity contribution < 1.29 is 54.4 Å². The number of aliphatic hydroxyl groups excluding tert-OH is 4. The lowest BCUT2D eigenvalue weighted by Crippen LogP contribution is -2.58. The number of fused-ring (bicyclic) bond motifs is 3. The molecule has 4 aliphatic heterocycles. The Morgan fingerprint density at radius 2 is 1.91 bits per heavy atom. The van der Waals surface area contributed by atoms with Crippen LogP contribution in [0.25, 0.3) is 11.0 Å². The Kier molecular flexibility index (Phi) is 11.0. The van der Waals surface area contributed by atoms with Crippen LogP contribution < -0.4 is 20.4 Å². The fourth-order valence-electron chi connectivity index (χ4n) is 9.58. The number of phenolic OH excluding ortho intramolecular Hbond substituents is 1. The summed E-state index contributed by atoms with van der Waals surface area (Å²) >= 11 is 0. The van der Waals surface area contributed by atoms with Gasteiger partial charge in [-0.2, -0.15) is 0 Å². The summed E-state index contributed by atoms with van der Waals surface area (Å²) in [5.41, 5.74) is 1.64.